The van der Waals surface area contributed by atoms with Crippen LogP contribution < -0.4 is 5.32 Å². The molecule has 0 saturated heterocycles. The van der Waals surface area contributed by atoms with Crippen LogP contribution >= 0.6 is 11.3 Å². The third kappa shape index (κ3) is 4.70. The Morgan fingerprint density at radius 1 is 1.59 bits per heavy atom. The Bertz CT molecular complexity index is 357. The zero-order valence-corrected chi connectivity index (χ0v) is 11.2. The summed E-state index contributed by atoms with van der Waals surface area (Å²) in [4.78, 5) is 15.7. The second-order valence-electron chi connectivity index (χ2n) is 4.73. The summed E-state index contributed by atoms with van der Waals surface area (Å²) in [5.74, 6) is 0. The predicted molar refractivity (Wildman–Crippen MR) is 65.9 cm³/mol. The smallest absolute Gasteiger partial charge is 0.408 e. The molecule has 0 unspecified atom stereocenters. The fraction of sp³-hybridized carbons (Fsp3) is 0.636. The van der Waals surface area contributed by atoms with Crippen molar-refractivity contribution in [2.45, 2.75) is 45.4 Å². The number of thiazole rings is 1. The van der Waals surface area contributed by atoms with Gasteiger partial charge in [0.2, 0.25) is 0 Å². The molecule has 0 spiro atoms. The van der Waals surface area contributed by atoms with E-state index in [9.17, 15) is 9.90 Å². The van der Waals surface area contributed by atoms with Crippen LogP contribution in [0.15, 0.2) is 11.6 Å². The molecule has 6 heteroatoms. The topological polar surface area (TPSA) is 71.5 Å². The molecule has 0 aliphatic rings. The summed E-state index contributed by atoms with van der Waals surface area (Å²) in [5, 5.41) is 14.7. The van der Waals surface area contributed by atoms with E-state index in [1.807, 2.05) is 0 Å². The number of hydrogen-bond donors (Lipinski definition) is 2. The van der Waals surface area contributed by atoms with Crippen LogP contribution in [0, 0.1) is 0 Å². The highest BCUT2D eigenvalue weighted by Crippen LogP contribution is 2.20. The number of alkyl carbamates (subject to hydrolysis) is 1. The molecule has 5 nitrogen and oxygen atoms in total. The van der Waals surface area contributed by atoms with Gasteiger partial charge in [-0.1, -0.05) is 0 Å². The largest absolute Gasteiger partial charge is 0.444 e. The van der Waals surface area contributed by atoms with Gasteiger partial charge in [0, 0.05) is 11.6 Å². The number of nitrogens with one attached hydrogen (secondary N) is 1. The van der Waals surface area contributed by atoms with Gasteiger partial charge in [-0.05, 0) is 27.7 Å². The molecule has 1 aromatic rings. The van der Waals surface area contributed by atoms with Crippen molar-refractivity contribution >= 4 is 17.4 Å². The lowest BCUT2D eigenvalue weighted by atomic mass is 10.2. The number of rotatable bonds is 3. The second-order valence-corrected chi connectivity index (χ2v) is 5.66. The minimum absolute atomic E-state index is 0.537. The molecule has 2 N–H and O–H groups in total. The SMILES string of the molecule is C[C@H](O)[C@@H](NC(=O)OC(C)(C)C)c1nccs1. The molecule has 0 aliphatic carbocycles. The third-order valence-corrected chi connectivity index (χ3v) is 2.73. The zero-order valence-electron chi connectivity index (χ0n) is 10.4. The van der Waals surface area contributed by atoms with Crippen LogP contribution in [0.4, 0.5) is 4.79 Å². The minimum Gasteiger partial charge on any atom is -0.444 e. The molecule has 0 saturated carbocycles. The van der Waals surface area contributed by atoms with Crippen molar-refractivity contribution in [1.29, 1.82) is 0 Å². The molecule has 0 bridgehead atoms. The van der Waals surface area contributed by atoms with Crippen molar-refractivity contribution in [3.05, 3.63) is 16.6 Å². The first-order valence-electron chi connectivity index (χ1n) is 5.36. The normalized spacial score (nSPS) is 15.1. The van der Waals surface area contributed by atoms with Gasteiger partial charge < -0.3 is 15.2 Å². The van der Waals surface area contributed by atoms with Crippen LogP contribution in [-0.4, -0.2) is 27.9 Å². The van der Waals surface area contributed by atoms with E-state index in [-0.39, 0.29) is 0 Å². The first kappa shape index (κ1) is 13.9. The second kappa shape index (κ2) is 5.46. The number of nitrogens with zero attached hydrogens (tertiary/aromatic N) is 1. The highest BCUT2D eigenvalue weighted by atomic mass is 32.1. The molecule has 0 fully saturated rings. The Balaban J connectivity index is 2.66. The quantitative estimate of drug-likeness (QED) is 0.871. The standard InChI is InChI=1S/C11H18N2O3S/c1-7(14)8(9-12-5-6-17-9)13-10(15)16-11(2,3)4/h5-8,14H,1-4H3,(H,13,15)/t7-,8+/m0/s1. The maximum absolute atomic E-state index is 11.6. The Labute approximate surface area is 105 Å². The van der Waals surface area contributed by atoms with E-state index in [2.05, 4.69) is 10.3 Å². The molecule has 0 aliphatic heterocycles. The van der Waals surface area contributed by atoms with E-state index in [1.165, 1.54) is 11.3 Å². The summed E-state index contributed by atoms with van der Waals surface area (Å²) >= 11 is 1.38. The maximum atomic E-state index is 11.6. The molecule has 1 aromatic heterocycles. The van der Waals surface area contributed by atoms with Crippen molar-refractivity contribution in [1.82, 2.24) is 10.3 Å². The monoisotopic (exact) mass is 258 g/mol. The predicted octanol–water partition coefficient (Wildman–Crippen LogP) is 2.09. The van der Waals surface area contributed by atoms with Crippen LogP contribution in [0.2, 0.25) is 0 Å². The lowest BCUT2D eigenvalue weighted by Gasteiger charge is -2.24. The number of carbonyl (C=O) groups is 1. The molecular formula is C11H18N2O3S. The molecule has 0 aromatic carbocycles. The van der Waals surface area contributed by atoms with E-state index < -0.39 is 23.8 Å². The maximum Gasteiger partial charge on any atom is 0.408 e. The van der Waals surface area contributed by atoms with Crippen LogP contribution in [-0.2, 0) is 4.74 Å². The minimum atomic E-state index is -0.728. The van der Waals surface area contributed by atoms with E-state index in [4.69, 9.17) is 4.74 Å². The summed E-state index contributed by atoms with van der Waals surface area (Å²) in [6, 6.07) is -0.537. The Morgan fingerprint density at radius 2 is 2.24 bits per heavy atom. The lowest BCUT2D eigenvalue weighted by molar-refractivity contribution is 0.0435. The number of hydrogen-bond acceptors (Lipinski definition) is 5. The van der Waals surface area contributed by atoms with E-state index in [0.717, 1.165) is 0 Å². The van der Waals surface area contributed by atoms with Crippen LogP contribution in [0.1, 0.15) is 38.7 Å². The number of amides is 1. The zero-order chi connectivity index (χ0) is 13.1. The van der Waals surface area contributed by atoms with Gasteiger partial charge in [0.15, 0.2) is 0 Å². The summed E-state index contributed by atoms with van der Waals surface area (Å²) in [5.41, 5.74) is -0.559. The van der Waals surface area contributed by atoms with Crippen molar-refractivity contribution in [2.24, 2.45) is 0 Å². The average Bonchev–Trinajstić information content (AvgIpc) is 2.63. The lowest BCUT2D eigenvalue weighted by Crippen LogP contribution is -2.38. The molecule has 0 radical (unpaired) electrons. The van der Waals surface area contributed by atoms with Gasteiger partial charge in [-0.15, -0.1) is 11.3 Å². The number of ether oxygens (including phenoxy) is 1. The summed E-state index contributed by atoms with van der Waals surface area (Å²) in [7, 11) is 0. The Morgan fingerprint density at radius 3 is 2.65 bits per heavy atom. The van der Waals surface area contributed by atoms with Crippen LogP contribution in [0.25, 0.3) is 0 Å². The molecule has 1 heterocycles. The molecule has 1 rings (SSSR count). The van der Waals surface area contributed by atoms with Gasteiger partial charge >= 0.3 is 6.09 Å². The molecular weight excluding hydrogens is 240 g/mol. The highest BCUT2D eigenvalue weighted by Gasteiger charge is 2.25. The van der Waals surface area contributed by atoms with Gasteiger partial charge in [-0.3, -0.25) is 0 Å². The fourth-order valence-electron chi connectivity index (χ4n) is 1.21. The first-order valence-corrected chi connectivity index (χ1v) is 6.24. The van der Waals surface area contributed by atoms with Gasteiger partial charge in [0.1, 0.15) is 16.7 Å². The summed E-state index contributed by atoms with van der Waals surface area (Å²) in [6.45, 7) is 6.96. The molecule has 96 valence electrons. The molecule has 2 atom stereocenters. The Hall–Kier alpha value is -1.14. The van der Waals surface area contributed by atoms with Gasteiger partial charge in [-0.2, -0.15) is 0 Å². The van der Waals surface area contributed by atoms with Gasteiger partial charge in [0.25, 0.3) is 0 Å². The van der Waals surface area contributed by atoms with Gasteiger partial charge in [-0.25, -0.2) is 9.78 Å². The van der Waals surface area contributed by atoms with Crippen LogP contribution in [0.5, 0.6) is 0 Å². The summed E-state index contributed by atoms with van der Waals surface area (Å²) < 4.78 is 5.13. The molecule has 17 heavy (non-hydrogen) atoms. The van der Waals surface area contributed by atoms with Crippen molar-refractivity contribution in [2.75, 3.05) is 0 Å². The first-order chi connectivity index (χ1) is 7.79. The fourth-order valence-corrected chi connectivity index (χ4v) is 2.00. The third-order valence-electron chi connectivity index (χ3n) is 1.87. The van der Waals surface area contributed by atoms with Gasteiger partial charge in [0.05, 0.1) is 6.10 Å². The molecule has 1 amide bonds. The number of aliphatic hydroxyl groups excluding tert-OH is 1. The van der Waals surface area contributed by atoms with Crippen molar-refractivity contribution in [3.63, 3.8) is 0 Å². The van der Waals surface area contributed by atoms with Crippen molar-refractivity contribution in [3.8, 4) is 0 Å². The number of aliphatic hydroxyl groups is 1. The van der Waals surface area contributed by atoms with Crippen molar-refractivity contribution < 1.29 is 14.6 Å². The Kier molecular flexibility index (Phi) is 4.47. The number of carbonyl (C=O) groups excluding carboxylic acids is 1. The number of aromatic nitrogens is 1. The van der Waals surface area contributed by atoms with E-state index >= 15 is 0 Å². The summed E-state index contributed by atoms with van der Waals surface area (Å²) in [6.07, 6.45) is 0.346. The highest BCUT2D eigenvalue weighted by molar-refractivity contribution is 7.09. The van der Waals surface area contributed by atoms with Crippen LogP contribution in [0.3, 0.4) is 0 Å². The average molecular weight is 258 g/mol. The van der Waals surface area contributed by atoms with E-state index in [1.54, 1.807) is 39.3 Å². The van der Waals surface area contributed by atoms with E-state index in [0.29, 0.717) is 5.01 Å².